The van der Waals surface area contributed by atoms with Crippen molar-refractivity contribution in [3.63, 3.8) is 0 Å². The molecule has 0 N–H and O–H groups in total. The Kier molecular flexibility index (Phi) is 3.19. The maximum Gasteiger partial charge on any atom is -0.00236 e. The van der Waals surface area contributed by atoms with Gasteiger partial charge in [-0.2, -0.15) is 0 Å². The summed E-state index contributed by atoms with van der Waals surface area (Å²) in [5, 5.41) is 0. The molecule has 0 atom stereocenters. The maximum atomic E-state index is 3.02. The fourth-order valence-corrected chi connectivity index (χ4v) is 0.671. The standard InChI is InChI=1S/C5H9P/c1-4-5-6(2)3/h1-3H3. The van der Waals surface area contributed by atoms with Gasteiger partial charge in [-0.15, -0.1) is 5.92 Å². The highest BCUT2D eigenvalue weighted by Crippen LogP contribution is 2.20. The van der Waals surface area contributed by atoms with Gasteiger partial charge in [0.15, 0.2) is 0 Å². The average Bonchev–Trinajstić information content (AvgIpc) is 1.35. The monoisotopic (exact) mass is 100 g/mol. The van der Waals surface area contributed by atoms with Crippen LogP contribution in [0.3, 0.4) is 0 Å². The van der Waals surface area contributed by atoms with E-state index in [4.69, 9.17) is 0 Å². The molecule has 0 saturated carbocycles. The van der Waals surface area contributed by atoms with Gasteiger partial charge >= 0.3 is 0 Å². The zero-order valence-electron chi connectivity index (χ0n) is 4.45. The topological polar surface area (TPSA) is 0 Å². The molecule has 1 heteroatoms. The molecule has 0 heterocycles. The van der Waals surface area contributed by atoms with Crippen molar-refractivity contribution >= 4 is 7.92 Å². The highest BCUT2D eigenvalue weighted by molar-refractivity contribution is 7.61. The van der Waals surface area contributed by atoms with Gasteiger partial charge in [-0.1, -0.05) is 5.66 Å². The molecule has 0 bridgehead atoms. The van der Waals surface area contributed by atoms with Gasteiger partial charge in [0.2, 0.25) is 0 Å². The van der Waals surface area contributed by atoms with Crippen LogP contribution in [0.5, 0.6) is 0 Å². The minimum Gasteiger partial charge on any atom is -0.102 e. The van der Waals surface area contributed by atoms with E-state index in [1.54, 1.807) is 0 Å². The smallest absolute Gasteiger partial charge is 0.00236 e. The first-order valence-corrected chi connectivity index (χ1v) is 4.10. The van der Waals surface area contributed by atoms with Gasteiger partial charge in [0.25, 0.3) is 0 Å². The van der Waals surface area contributed by atoms with Crippen molar-refractivity contribution < 1.29 is 0 Å². The molecule has 0 saturated heterocycles. The van der Waals surface area contributed by atoms with E-state index in [1.807, 2.05) is 6.92 Å². The highest BCUT2D eigenvalue weighted by atomic mass is 31.1. The Balaban J connectivity index is 3.20. The summed E-state index contributed by atoms with van der Waals surface area (Å²) in [6.07, 6.45) is 0. The lowest BCUT2D eigenvalue weighted by atomic mass is 10.8. The normalized spacial score (nSPS) is 7.33. The number of hydrogen-bond donors (Lipinski definition) is 0. The fourth-order valence-electron chi connectivity index (χ4n) is 0.224. The summed E-state index contributed by atoms with van der Waals surface area (Å²) in [4.78, 5) is 0. The van der Waals surface area contributed by atoms with Crippen molar-refractivity contribution in [2.75, 3.05) is 13.3 Å². The second-order valence-electron chi connectivity index (χ2n) is 1.26. The van der Waals surface area contributed by atoms with Crippen LogP contribution in [-0.2, 0) is 0 Å². The van der Waals surface area contributed by atoms with Gasteiger partial charge in [-0.05, 0) is 28.2 Å². The van der Waals surface area contributed by atoms with E-state index in [2.05, 4.69) is 24.9 Å². The lowest BCUT2D eigenvalue weighted by molar-refractivity contribution is 1.93. The van der Waals surface area contributed by atoms with Crippen LogP contribution in [0.15, 0.2) is 0 Å². The third kappa shape index (κ3) is 3.99. The van der Waals surface area contributed by atoms with Gasteiger partial charge in [-0.25, -0.2) is 0 Å². The largest absolute Gasteiger partial charge is 0.102 e. The highest BCUT2D eigenvalue weighted by Gasteiger charge is 1.74. The first kappa shape index (κ1) is 5.99. The summed E-state index contributed by atoms with van der Waals surface area (Å²) < 4.78 is 0. The molecule has 0 aliphatic rings. The summed E-state index contributed by atoms with van der Waals surface area (Å²) >= 11 is 0. The Hall–Kier alpha value is -0.0100. The van der Waals surface area contributed by atoms with Crippen LogP contribution in [0.4, 0.5) is 0 Å². The van der Waals surface area contributed by atoms with E-state index >= 15 is 0 Å². The Labute approximate surface area is 40.7 Å². The van der Waals surface area contributed by atoms with Crippen molar-refractivity contribution in [3.05, 3.63) is 0 Å². The molecule has 0 spiro atoms. The molecule has 0 unspecified atom stereocenters. The Morgan fingerprint density at radius 1 is 1.33 bits per heavy atom. The van der Waals surface area contributed by atoms with Crippen molar-refractivity contribution in [1.82, 2.24) is 0 Å². The Morgan fingerprint density at radius 2 is 1.83 bits per heavy atom. The second-order valence-corrected chi connectivity index (χ2v) is 3.27. The molecule has 0 aromatic carbocycles. The van der Waals surface area contributed by atoms with Crippen LogP contribution in [-0.4, -0.2) is 13.3 Å². The van der Waals surface area contributed by atoms with Crippen LogP contribution in [0.25, 0.3) is 0 Å². The molecular weight excluding hydrogens is 91.0 g/mol. The molecule has 0 rings (SSSR count). The van der Waals surface area contributed by atoms with Crippen LogP contribution < -0.4 is 0 Å². The van der Waals surface area contributed by atoms with Gasteiger partial charge < -0.3 is 0 Å². The van der Waals surface area contributed by atoms with Crippen LogP contribution in [0, 0.1) is 11.6 Å². The maximum absolute atomic E-state index is 3.02. The molecule has 0 aliphatic heterocycles. The van der Waals surface area contributed by atoms with E-state index in [1.165, 1.54) is 0 Å². The van der Waals surface area contributed by atoms with Crippen LogP contribution in [0.1, 0.15) is 6.92 Å². The van der Waals surface area contributed by atoms with Crippen molar-refractivity contribution in [2.45, 2.75) is 6.92 Å². The summed E-state index contributed by atoms with van der Waals surface area (Å²) in [6, 6.07) is 0. The van der Waals surface area contributed by atoms with Gasteiger partial charge in [0.1, 0.15) is 0 Å². The number of rotatable bonds is 0. The Morgan fingerprint density at radius 3 is 1.83 bits per heavy atom. The minimum absolute atomic E-state index is 0.0383. The first-order chi connectivity index (χ1) is 2.77. The van der Waals surface area contributed by atoms with E-state index in [-0.39, 0.29) is 7.92 Å². The van der Waals surface area contributed by atoms with Crippen molar-refractivity contribution in [1.29, 1.82) is 0 Å². The SMILES string of the molecule is CC#CP(C)C. The molecule has 6 heavy (non-hydrogen) atoms. The molecule has 34 valence electrons. The van der Waals surface area contributed by atoms with Gasteiger partial charge in [0, 0.05) is 0 Å². The lowest BCUT2D eigenvalue weighted by Crippen LogP contribution is -1.52. The molecule has 0 nitrogen and oxygen atoms in total. The third-order valence-electron chi connectivity index (χ3n) is 0.335. The Bertz CT molecular complexity index is 73.7. The van der Waals surface area contributed by atoms with E-state index in [0.717, 1.165) is 0 Å². The third-order valence-corrected chi connectivity index (χ3v) is 1.01. The predicted molar refractivity (Wildman–Crippen MR) is 32.2 cm³/mol. The molecule has 0 aromatic rings. The zero-order chi connectivity index (χ0) is 4.99. The van der Waals surface area contributed by atoms with Gasteiger partial charge in [-0.3, -0.25) is 0 Å². The molecule has 0 amide bonds. The fraction of sp³-hybridized carbons (Fsp3) is 0.600. The van der Waals surface area contributed by atoms with Crippen LogP contribution >= 0.6 is 7.92 Å². The summed E-state index contributed by atoms with van der Waals surface area (Å²) in [7, 11) is 0.0383. The van der Waals surface area contributed by atoms with E-state index < -0.39 is 0 Å². The second kappa shape index (κ2) is 3.19. The lowest BCUT2D eigenvalue weighted by Gasteiger charge is -1.83. The van der Waals surface area contributed by atoms with Crippen molar-refractivity contribution in [3.8, 4) is 11.6 Å². The van der Waals surface area contributed by atoms with E-state index in [9.17, 15) is 0 Å². The molecule has 0 fully saturated rings. The molecular formula is C5H9P. The van der Waals surface area contributed by atoms with Gasteiger partial charge in [0.05, 0.1) is 0 Å². The molecule has 0 aliphatic carbocycles. The first-order valence-electron chi connectivity index (χ1n) is 1.87. The summed E-state index contributed by atoms with van der Waals surface area (Å²) in [5.41, 5.74) is 3.02. The molecule has 0 radical (unpaired) electrons. The number of hydrogen-bond acceptors (Lipinski definition) is 0. The van der Waals surface area contributed by atoms with Crippen LogP contribution in [0.2, 0.25) is 0 Å². The summed E-state index contributed by atoms with van der Waals surface area (Å²) in [5.74, 6) is 2.85. The summed E-state index contributed by atoms with van der Waals surface area (Å²) in [6.45, 7) is 6.17. The molecule has 0 aromatic heterocycles. The zero-order valence-corrected chi connectivity index (χ0v) is 5.34. The van der Waals surface area contributed by atoms with Crippen molar-refractivity contribution in [2.24, 2.45) is 0 Å². The van der Waals surface area contributed by atoms with E-state index in [0.29, 0.717) is 0 Å². The quantitative estimate of drug-likeness (QED) is 0.321. The minimum atomic E-state index is 0.0383. The predicted octanol–water partition coefficient (Wildman–Crippen LogP) is 1.71. The average molecular weight is 100 g/mol.